The molecule has 0 saturated heterocycles. The highest BCUT2D eigenvalue weighted by Crippen LogP contribution is 2.07. The molecule has 0 aliphatic heterocycles. The van der Waals surface area contributed by atoms with Crippen molar-refractivity contribution in [1.29, 1.82) is 0 Å². The van der Waals surface area contributed by atoms with Crippen molar-refractivity contribution in [3.63, 3.8) is 0 Å². The minimum absolute atomic E-state index is 0. The first-order chi connectivity index (χ1) is 3.71. The van der Waals surface area contributed by atoms with Crippen LogP contribution in [0.1, 0.15) is 0 Å². The Bertz CT molecular complexity index is 80.9. The van der Waals surface area contributed by atoms with Gasteiger partial charge in [-0.25, -0.2) is 0 Å². The van der Waals surface area contributed by atoms with Crippen LogP contribution in [-0.2, 0) is 0 Å². The average Bonchev–Trinajstić information content (AvgIpc) is 1.14. The van der Waals surface area contributed by atoms with Crippen LogP contribution in [-0.4, -0.2) is 30.3 Å². The third-order valence-electron chi connectivity index (χ3n) is 1.06. The van der Waals surface area contributed by atoms with E-state index in [1.54, 1.807) is 0 Å². The zero-order valence-corrected chi connectivity index (χ0v) is 12.3. The molecule has 0 nitrogen and oxygen atoms in total. The van der Waals surface area contributed by atoms with Gasteiger partial charge in [0, 0.05) is 0 Å². The summed E-state index contributed by atoms with van der Waals surface area (Å²) in [6, 6.07) is 0. The van der Waals surface area contributed by atoms with Crippen LogP contribution in [0.3, 0.4) is 0 Å². The SMILES string of the molecule is C[Si](C)(C)[Mg][Si](C)(C)C.Cl. The van der Waals surface area contributed by atoms with Crippen molar-refractivity contribution in [1.82, 2.24) is 0 Å². The van der Waals surface area contributed by atoms with Gasteiger partial charge in [-0.3, -0.25) is 0 Å². The summed E-state index contributed by atoms with van der Waals surface area (Å²) < 4.78 is 0. The van der Waals surface area contributed by atoms with Gasteiger partial charge in [0.2, 0.25) is 0 Å². The Balaban J connectivity index is 0. The van der Waals surface area contributed by atoms with E-state index in [-0.39, 0.29) is 12.4 Å². The summed E-state index contributed by atoms with van der Waals surface area (Å²) in [5.74, 6) is 0. The molecule has 0 aromatic carbocycles. The van der Waals surface area contributed by atoms with Crippen LogP contribution in [0, 0.1) is 0 Å². The maximum Gasteiger partial charge on any atom is 0.364 e. The molecule has 60 valence electrons. The fourth-order valence-electron chi connectivity index (χ4n) is 1.59. The van der Waals surface area contributed by atoms with Crippen molar-refractivity contribution in [3.05, 3.63) is 0 Å². The first-order valence-corrected chi connectivity index (χ1v) is 15.4. The normalized spacial score (nSPS) is 11.8. The van der Waals surface area contributed by atoms with Crippen LogP contribution in [0.15, 0.2) is 0 Å². The van der Waals surface area contributed by atoms with E-state index in [1.807, 2.05) is 0 Å². The fourth-order valence-corrected chi connectivity index (χ4v) is 43.0. The van der Waals surface area contributed by atoms with Gasteiger partial charge in [-0.15, -0.1) is 12.4 Å². The number of hydrogen-bond donors (Lipinski definition) is 0. The fraction of sp³-hybridized carbons (Fsp3) is 1.00. The molecule has 10 heavy (non-hydrogen) atoms. The number of rotatable bonds is 2. The molecule has 0 aliphatic carbocycles. The van der Waals surface area contributed by atoms with E-state index in [4.69, 9.17) is 0 Å². The molecule has 0 unspecified atom stereocenters. The molecule has 0 amide bonds. The second kappa shape index (κ2) is 4.50. The van der Waals surface area contributed by atoms with E-state index in [1.165, 1.54) is 0 Å². The summed E-state index contributed by atoms with van der Waals surface area (Å²) in [6.45, 7) is 15.2. The summed E-state index contributed by atoms with van der Waals surface area (Å²) in [5, 5.41) is 0. The van der Waals surface area contributed by atoms with Crippen LogP contribution in [0.4, 0.5) is 0 Å². The van der Waals surface area contributed by atoms with Gasteiger partial charge in [0.15, 0.2) is 0 Å². The third kappa shape index (κ3) is 12.2. The summed E-state index contributed by atoms with van der Waals surface area (Å²) in [6.07, 6.45) is 0. The first kappa shape index (κ1) is 14.0. The third-order valence-corrected chi connectivity index (χ3v) is 28.6. The molecule has 0 aliphatic rings. The van der Waals surface area contributed by atoms with Crippen molar-refractivity contribution in [2.75, 3.05) is 0 Å². The Hall–Kier alpha value is 1.49. The zero-order chi connectivity index (χ0) is 7.71. The van der Waals surface area contributed by atoms with Crippen molar-refractivity contribution in [2.24, 2.45) is 0 Å². The minimum Gasteiger partial charge on any atom is -0.147 e. The lowest BCUT2D eigenvalue weighted by atomic mass is 11.8. The smallest absolute Gasteiger partial charge is 0.147 e. The average molecular weight is 207 g/mol. The van der Waals surface area contributed by atoms with Gasteiger partial charge in [0.05, 0.1) is 0 Å². The highest BCUT2D eigenvalue weighted by atomic mass is 35.5. The predicted molar refractivity (Wildman–Crippen MR) is 59.7 cm³/mol. The molecule has 0 spiro atoms. The molecule has 0 aromatic heterocycles. The largest absolute Gasteiger partial charge is 0.364 e. The van der Waals surface area contributed by atoms with Crippen LogP contribution < -0.4 is 0 Å². The van der Waals surface area contributed by atoms with Crippen LogP contribution in [0.25, 0.3) is 0 Å². The van der Waals surface area contributed by atoms with Gasteiger partial charge in [0.1, 0.15) is 0 Å². The quantitative estimate of drug-likeness (QED) is 0.611. The van der Waals surface area contributed by atoms with Gasteiger partial charge in [0.25, 0.3) is 0 Å². The van der Waals surface area contributed by atoms with E-state index in [9.17, 15) is 0 Å². The lowest BCUT2D eigenvalue weighted by Gasteiger charge is -2.24. The molecule has 0 atom stereocenters. The first-order valence-electron chi connectivity index (χ1n) is 3.71. The van der Waals surface area contributed by atoms with Gasteiger partial charge >= 0.3 is 18.8 Å². The van der Waals surface area contributed by atoms with Crippen LogP contribution in [0.2, 0.25) is 39.3 Å². The van der Waals surface area contributed by atoms with E-state index >= 15 is 0 Å². The molecule has 4 heteroatoms. The van der Waals surface area contributed by atoms with Crippen LogP contribution in [0.5, 0.6) is 0 Å². The minimum atomic E-state index is -0.592. The second-order valence-electron chi connectivity index (χ2n) is 5.30. The summed E-state index contributed by atoms with van der Waals surface area (Å²) in [5.41, 5.74) is -1.18. The van der Waals surface area contributed by atoms with Crippen LogP contribution >= 0.6 is 12.4 Å². The van der Waals surface area contributed by atoms with Crippen molar-refractivity contribution >= 4 is 42.7 Å². The number of hydrogen-bond acceptors (Lipinski definition) is 0. The van der Waals surface area contributed by atoms with E-state index in [0.717, 1.165) is 0 Å². The highest BCUT2D eigenvalue weighted by molar-refractivity contribution is 7.52. The van der Waals surface area contributed by atoms with Crippen molar-refractivity contribution in [3.8, 4) is 0 Å². The molecule has 0 bridgehead atoms. The van der Waals surface area contributed by atoms with Gasteiger partial charge in [-0.2, -0.15) is 0 Å². The molecule has 0 aromatic rings. The van der Waals surface area contributed by atoms with Crippen molar-refractivity contribution in [2.45, 2.75) is 39.3 Å². The maximum absolute atomic E-state index is 2.53. The highest BCUT2D eigenvalue weighted by Gasteiger charge is 2.26. The topological polar surface area (TPSA) is 0 Å². The monoisotopic (exact) mass is 206 g/mol. The summed E-state index contributed by atoms with van der Waals surface area (Å²) in [4.78, 5) is 0. The van der Waals surface area contributed by atoms with Crippen molar-refractivity contribution < 1.29 is 0 Å². The van der Waals surface area contributed by atoms with Gasteiger partial charge < -0.3 is 0 Å². The Morgan fingerprint density at radius 2 is 0.900 bits per heavy atom. The Kier molecular flexibility index (Phi) is 6.32. The van der Waals surface area contributed by atoms with E-state index in [2.05, 4.69) is 39.3 Å². The molecular weight excluding hydrogens is 188 g/mol. The number of halogens is 1. The van der Waals surface area contributed by atoms with E-state index < -0.39 is 11.4 Å². The molecule has 0 fully saturated rings. The molecule has 0 rings (SSSR count). The molecule has 0 radical (unpaired) electrons. The molecule has 0 saturated carbocycles. The summed E-state index contributed by atoms with van der Waals surface area (Å²) >= 11 is 0.366. The Labute approximate surface area is 81.6 Å². The van der Waals surface area contributed by atoms with Gasteiger partial charge in [-0.05, 0) is 0 Å². The molecular formula is C6H19ClMgSi2. The van der Waals surface area contributed by atoms with E-state index in [0.29, 0.717) is 18.8 Å². The maximum atomic E-state index is 2.53. The lowest BCUT2D eigenvalue weighted by Crippen LogP contribution is -2.46. The Morgan fingerprint density at radius 1 is 0.700 bits per heavy atom. The Morgan fingerprint density at radius 3 is 0.900 bits per heavy atom. The molecule has 0 N–H and O–H groups in total. The lowest BCUT2D eigenvalue weighted by molar-refractivity contribution is 1.82. The zero-order valence-electron chi connectivity index (χ0n) is 8.12. The molecule has 0 heterocycles. The summed E-state index contributed by atoms with van der Waals surface area (Å²) in [7, 11) is 0. The predicted octanol–water partition coefficient (Wildman–Crippen LogP) is 2.78. The van der Waals surface area contributed by atoms with Gasteiger partial charge in [-0.1, -0.05) is 50.7 Å². The second-order valence-corrected chi connectivity index (χ2v) is 32.9. The standard InChI is InChI=1S/2C3H9Si.ClH.Mg/c2*1-4(2)3;;/h2*1-3H3;1H;.